The topological polar surface area (TPSA) is 70.9 Å². The summed E-state index contributed by atoms with van der Waals surface area (Å²) in [6.07, 6.45) is 5.02. The Morgan fingerprint density at radius 3 is 2.81 bits per heavy atom. The van der Waals surface area contributed by atoms with E-state index >= 15 is 0 Å². The average Bonchev–Trinajstić information content (AvgIpc) is 2.63. The summed E-state index contributed by atoms with van der Waals surface area (Å²) in [5.41, 5.74) is 6.63. The van der Waals surface area contributed by atoms with Gasteiger partial charge in [-0.2, -0.15) is 0 Å². The summed E-state index contributed by atoms with van der Waals surface area (Å²) in [5.74, 6) is 0.653. The standard InChI is InChI=1S/C12H21N3O/c1-9(2)5-3-4-6-14-12(16)11-7-10(13)8-15-11/h7-9,15H,3-6,13H2,1-2H3,(H,14,16). The first-order valence-electron chi connectivity index (χ1n) is 5.81. The van der Waals surface area contributed by atoms with Gasteiger partial charge in [0.15, 0.2) is 0 Å². The first-order chi connectivity index (χ1) is 7.59. The fourth-order valence-electron chi connectivity index (χ4n) is 1.52. The number of H-pyrrole nitrogens is 1. The van der Waals surface area contributed by atoms with Gasteiger partial charge in [-0.3, -0.25) is 4.79 Å². The van der Waals surface area contributed by atoms with Crippen LogP contribution in [0, 0.1) is 5.92 Å². The molecule has 4 N–H and O–H groups in total. The number of carbonyl (C=O) groups is 1. The molecule has 16 heavy (non-hydrogen) atoms. The highest BCUT2D eigenvalue weighted by molar-refractivity contribution is 5.93. The minimum Gasteiger partial charge on any atom is -0.397 e. The van der Waals surface area contributed by atoms with Gasteiger partial charge in [-0.1, -0.05) is 26.7 Å². The Morgan fingerprint density at radius 1 is 1.50 bits per heavy atom. The maximum atomic E-state index is 11.6. The molecule has 0 fully saturated rings. The number of hydrogen-bond donors (Lipinski definition) is 3. The zero-order valence-electron chi connectivity index (χ0n) is 10.0. The Bertz CT molecular complexity index is 331. The summed E-state index contributed by atoms with van der Waals surface area (Å²) in [7, 11) is 0. The molecule has 1 amide bonds. The van der Waals surface area contributed by atoms with E-state index in [1.165, 1.54) is 6.42 Å². The highest BCUT2D eigenvalue weighted by atomic mass is 16.1. The summed E-state index contributed by atoms with van der Waals surface area (Å²) in [6.45, 7) is 5.14. The molecular weight excluding hydrogens is 202 g/mol. The van der Waals surface area contributed by atoms with E-state index in [-0.39, 0.29) is 5.91 Å². The number of nitrogen functional groups attached to an aromatic ring is 1. The molecule has 90 valence electrons. The Kier molecular flexibility index (Phi) is 4.89. The van der Waals surface area contributed by atoms with Gasteiger partial charge >= 0.3 is 0 Å². The molecule has 0 atom stereocenters. The number of nitrogens with one attached hydrogen (secondary N) is 2. The van der Waals surface area contributed by atoms with Crippen molar-refractivity contribution < 1.29 is 4.79 Å². The largest absolute Gasteiger partial charge is 0.397 e. The van der Waals surface area contributed by atoms with Crippen LogP contribution in [0.25, 0.3) is 0 Å². The van der Waals surface area contributed by atoms with Gasteiger partial charge in [-0.25, -0.2) is 0 Å². The van der Waals surface area contributed by atoms with Crippen LogP contribution in [-0.4, -0.2) is 17.4 Å². The molecule has 4 heteroatoms. The van der Waals surface area contributed by atoms with Crippen molar-refractivity contribution in [1.29, 1.82) is 0 Å². The minimum absolute atomic E-state index is 0.0822. The molecule has 0 aliphatic rings. The molecule has 1 aromatic heterocycles. The van der Waals surface area contributed by atoms with Crippen LogP contribution in [0.5, 0.6) is 0 Å². The van der Waals surface area contributed by atoms with Gasteiger partial charge in [0.1, 0.15) is 5.69 Å². The van der Waals surface area contributed by atoms with E-state index < -0.39 is 0 Å². The van der Waals surface area contributed by atoms with Gasteiger partial charge in [0, 0.05) is 18.4 Å². The second-order valence-electron chi connectivity index (χ2n) is 4.49. The van der Waals surface area contributed by atoms with Crippen LogP contribution in [0.3, 0.4) is 0 Å². The number of unbranched alkanes of at least 4 members (excludes halogenated alkanes) is 1. The van der Waals surface area contributed by atoms with Crippen LogP contribution in [0.4, 0.5) is 5.69 Å². The maximum Gasteiger partial charge on any atom is 0.267 e. The van der Waals surface area contributed by atoms with E-state index in [4.69, 9.17) is 5.73 Å². The quantitative estimate of drug-likeness (QED) is 0.647. The third kappa shape index (κ3) is 4.38. The number of carbonyl (C=O) groups excluding carboxylic acids is 1. The Balaban J connectivity index is 2.16. The molecule has 0 bridgehead atoms. The molecule has 1 rings (SSSR count). The zero-order valence-corrected chi connectivity index (χ0v) is 10.0. The fourth-order valence-corrected chi connectivity index (χ4v) is 1.52. The van der Waals surface area contributed by atoms with E-state index in [1.807, 2.05) is 0 Å². The zero-order chi connectivity index (χ0) is 12.0. The molecule has 1 heterocycles. The molecule has 0 aliphatic heterocycles. The summed E-state index contributed by atoms with van der Waals surface area (Å²) >= 11 is 0. The first kappa shape index (κ1) is 12.6. The van der Waals surface area contributed by atoms with Crippen LogP contribution < -0.4 is 11.1 Å². The molecule has 0 radical (unpaired) electrons. The van der Waals surface area contributed by atoms with Crippen molar-refractivity contribution in [3.8, 4) is 0 Å². The van der Waals surface area contributed by atoms with Crippen LogP contribution in [0.15, 0.2) is 12.3 Å². The predicted octanol–water partition coefficient (Wildman–Crippen LogP) is 2.15. The number of anilines is 1. The van der Waals surface area contributed by atoms with Gasteiger partial charge < -0.3 is 16.0 Å². The first-order valence-corrected chi connectivity index (χ1v) is 5.81. The van der Waals surface area contributed by atoms with E-state index in [2.05, 4.69) is 24.1 Å². The van der Waals surface area contributed by atoms with Crippen molar-refractivity contribution in [2.45, 2.75) is 33.1 Å². The number of aromatic amines is 1. The molecule has 0 saturated heterocycles. The summed E-state index contributed by atoms with van der Waals surface area (Å²) in [5, 5.41) is 2.86. The van der Waals surface area contributed by atoms with Gasteiger partial charge in [0.05, 0.1) is 0 Å². The Morgan fingerprint density at radius 2 is 2.25 bits per heavy atom. The second-order valence-corrected chi connectivity index (χ2v) is 4.49. The summed E-state index contributed by atoms with van der Waals surface area (Å²) < 4.78 is 0. The number of rotatable bonds is 6. The fraction of sp³-hybridized carbons (Fsp3) is 0.583. The Hall–Kier alpha value is -1.45. The predicted molar refractivity (Wildman–Crippen MR) is 66.2 cm³/mol. The van der Waals surface area contributed by atoms with Gasteiger partial charge in [-0.05, 0) is 18.4 Å². The molecule has 0 saturated carbocycles. The lowest BCUT2D eigenvalue weighted by molar-refractivity contribution is 0.0948. The van der Waals surface area contributed by atoms with Gasteiger partial charge in [0.25, 0.3) is 5.91 Å². The van der Waals surface area contributed by atoms with Crippen molar-refractivity contribution in [3.05, 3.63) is 18.0 Å². The van der Waals surface area contributed by atoms with E-state index in [0.717, 1.165) is 25.3 Å². The average molecular weight is 223 g/mol. The number of nitrogens with two attached hydrogens (primary N) is 1. The maximum absolute atomic E-state index is 11.6. The lowest BCUT2D eigenvalue weighted by Crippen LogP contribution is -2.24. The van der Waals surface area contributed by atoms with E-state index in [1.54, 1.807) is 12.3 Å². The third-order valence-electron chi connectivity index (χ3n) is 2.44. The molecule has 0 unspecified atom stereocenters. The van der Waals surface area contributed by atoms with Crippen LogP contribution in [-0.2, 0) is 0 Å². The molecular formula is C12H21N3O. The summed E-state index contributed by atoms with van der Waals surface area (Å²) in [4.78, 5) is 14.4. The highest BCUT2D eigenvalue weighted by Gasteiger charge is 2.06. The number of aromatic nitrogens is 1. The van der Waals surface area contributed by atoms with Gasteiger partial charge in [-0.15, -0.1) is 0 Å². The van der Waals surface area contributed by atoms with Crippen molar-refractivity contribution in [3.63, 3.8) is 0 Å². The third-order valence-corrected chi connectivity index (χ3v) is 2.44. The molecule has 0 spiro atoms. The molecule has 0 aromatic carbocycles. The van der Waals surface area contributed by atoms with Crippen LogP contribution in [0.1, 0.15) is 43.6 Å². The minimum atomic E-state index is -0.0822. The van der Waals surface area contributed by atoms with Gasteiger partial charge in [0.2, 0.25) is 0 Å². The number of hydrogen-bond acceptors (Lipinski definition) is 2. The SMILES string of the molecule is CC(C)CCCCNC(=O)c1cc(N)c[nH]1. The normalized spacial score (nSPS) is 10.7. The highest BCUT2D eigenvalue weighted by Crippen LogP contribution is 2.06. The lowest BCUT2D eigenvalue weighted by Gasteiger charge is -2.05. The van der Waals surface area contributed by atoms with Crippen molar-refractivity contribution in [2.24, 2.45) is 5.92 Å². The molecule has 1 aromatic rings. The molecule has 0 aliphatic carbocycles. The number of amides is 1. The van der Waals surface area contributed by atoms with Crippen molar-refractivity contribution >= 4 is 11.6 Å². The van der Waals surface area contributed by atoms with E-state index in [0.29, 0.717) is 11.4 Å². The Labute approximate surface area is 96.6 Å². The van der Waals surface area contributed by atoms with Crippen LogP contribution >= 0.6 is 0 Å². The second kappa shape index (κ2) is 6.20. The monoisotopic (exact) mass is 223 g/mol. The van der Waals surface area contributed by atoms with Crippen molar-refractivity contribution in [1.82, 2.24) is 10.3 Å². The lowest BCUT2D eigenvalue weighted by atomic mass is 10.1. The molecule has 4 nitrogen and oxygen atoms in total. The van der Waals surface area contributed by atoms with Crippen molar-refractivity contribution in [2.75, 3.05) is 12.3 Å². The smallest absolute Gasteiger partial charge is 0.267 e. The summed E-state index contributed by atoms with van der Waals surface area (Å²) in [6, 6.07) is 1.64. The van der Waals surface area contributed by atoms with Crippen LogP contribution in [0.2, 0.25) is 0 Å². The van der Waals surface area contributed by atoms with E-state index in [9.17, 15) is 4.79 Å².